The van der Waals surface area contributed by atoms with Crippen molar-refractivity contribution in [1.82, 2.24) is 19.1 Å². The minimum absolute atomic E-state index is 0.121. The van der Waals surface area contributed by atoms with Gasteiger partial charge in [-0.15, -0.1) is 0 Å². The molecule has 1 unspecified atom stereocenters. The molecular weight excluding hydrogens is 420 g/mol. The topological polar surface area (TPSA) is 162 Å². The van der Waals surface area contributed by atoms with E-state index in [9.17, 15) is 22.8 Å². The summed E-state index contributed by atoms with van der Waals surface area (Å²) >= 11 is 1.05. The molecule has 0 aliphatic rings. The van der Waals surface area contributed by atoms with Crippen molar-refractivity contribution in [3.05, 3.63) is 45.1 Å². The molecule has 3 rings (SSSR count). The van der Waals surface area contributed by atoms with Gasteiger partial charge in [0.15, 0.2) is 16.3 Å². The third kappa shape index (κ3) is 4.11. The van der Waals surface area contributed by atoms with Crippen LogP contribution < -0.4 is 21.7 Å². The second-order valence-corrected chi connectivity index (χ2v) is 9.16. The van der Waals surface area contributed by atoms with E-state index >= 15 is 0 Å². The van der Waals surface area contributed by atoms with Gasteiger partial charge in [-0.25, -0.2) is 23.3 Å². The Morgan fingerprint density at radius 3 is 2.62 bits per heavy atom. The Bertz CT molecular complexity index is 1340. The van der Waals surface area contributed by atoms with Crippen molar-refractivity contribution in [2.45, 2.75) is 22.2 Å². The molecule has 11 nitrogen and oxygen atoms in total. The predicted octanol–water partition coefficient (Wildman–Crippen LogP) is -0.273. The number of rotatable bonds is 5. The van der Waals surface area contributed by atoms with E-state index in [2.05, 4.69) is 15.3 Å². The zero-order valence-electron chi connectivity index (χ0n) is 15.7. The number of imidazole rings is 1. The maximum Gasteiger partial charge on any atom is 0.332 e. The van der Waals surface area contributed by atoms with Crippen molar-refractivity contribution in [2.24, 2.45) is 19.2 Å². The van der Waals surface area contributed by atoms with Gasteiger partial charge in [0.1, 0.15) is 0 Å². The summed E-state index contributed by atoms with van der Waals surface area (Å²) < 4.78 is 25.1. The molecule has 2 aromatic heterocycles. The number of nitrogens with two attached hydrogens (primary N) is 1. The lowest BCUT2D eigenvalue weighted by Crippen LogP contribution is -2.36. The summed E-state index contributed by atoms with van der Waals surface area (Å²) in [6.07, 6.45) is 0. The summed E-state index contributed by atoms with van der Waals surface area (Å²) in [7, 11) is -1.03. The van der Waals surface area contributed by atoms with Crippen LogP contribution in [0.2, 0.25) is 0 Å². The monoisotopic (exact) mass is 438 g/mol. The lowest BCUT2D eigenvalue weighted by atomic mass is 10.3. The number of carbonyl (C=O) groups is 1. The van der Waals surface area contributed by atoms with Crippen LogP contribution >= 0.6 is 11.8 Å². The van der Waals surface area contributed by atoms with Gasteiger partial charge in [0.25, 0.3) is 5.56 Å². The van der Waals surface area contributed by atoms with Gasteiger partial charge in [-0.3, -0.25) is 18.7 Å². The number of sulfonamides is 1. The molecule has 1 amide bonds. The molecule has 0 spiro atoms. The van der Waals surface area contributed by atoms with Crippen LogP contribution in [0.4, 0.5) is 5.69 Å². The van der Waals surface area contributed by atoms with Crippen LogP contribution in [-0.2, 0) is 28.9 Å². The lowest BCUT2D eigenvalue weighted by Gasteiger charge is -2.11. The fraction of sp³-hybridized carbons (Fsp3) is 0.250. The lowest BCUT2D eigenvalue weighted by molar-refractivity contribution is -0.115. The Hall–Kier alpha value is -2.90. The fourth-order valence-corrected chi connectivity index (χ4v) is 3.94. The molecule has 154 valence electrons. The summed E-state index contributed by atoms with van der Waals surface area (Å²) in [5.41, 5.74) is -0.403. The second kappa shape index (κ2) is 7.50. The van der Waals surface area contributed by atoms with Gasteiger partial charge >= 0.3 is 5.69 Å². The molecule has 0 aliphatic carbocycles. The number of H-pyrrole nitrogens is 1. The molecular formula is C16H18N6O5S2. The third-order valence-electron chi connectivity index (χ3n) is 4.16. The number of primary sulfonamides is 1. The van der Waals surface area contributed by atoms with Crippen LogP contribution in [0.5, 0.6) is 0 Å². The van der Waals surface area contributed by atoms with E-state index in [1.807, 2.05) is 0 Å². The van der Waals surface area contributed by atoms with Crippen molar-refractivity contribution < 1.29 is 13.2 Å². The first-order valence-corrected chi connectivity index (χ1v) is 10.7. The molecule has 1 aromatic carbocycles. The van der Waals surface area contributed by atoms with Crippen molar-refractivity contribution in [1.29, 1.82) is 0 Å². The van der Waals surface area contributed by atoms with Crippen LogP contribution in [0.3, 0.4) is 0 Å². The van der Waals surface area contributed by atoms with Crippen LogP contribution in [0.15, 0.2) is 43.9 Å². The maximum atomic E-state index is 12.5. The zero-order valence-corrected chi connectivity index (χ0v) is 17.3. The first-order chi connectivity index (χ1) is 13.5. The van der Waals surface area contributed by atoms with Crippen molar-refractivity contribution >= 4 is 44.5 Å². The molecule has 0 radical (unpaired) electrons. The van der Waals surface area contributed by atoms with Crippen molar-refractivity contribution in [3.63, 3.8) is 0 Å². The van der Waals surface area contributed by atoms with E-state index in [0.717, 1.165) is 16.3 Å². The first-order valence-electron chi connectivity index (χ1n) is 8.25. The SMILES string of the molecule is CC(Sc1nc2c([nH]1)c(=O)n(C)c(=O)n2C)C(=O)Nc1cccc(S(N)(=O)=O)c1. The number of benzene rings is 1. The number of hydrogen-bond acceptors (Lipinski definition) is 7. The molecule has 3 aromatic rings. The van der Waals surface area contributed by atoms with E-state index < -0.39 is 32.4 Å². The molecule has 1 atom stereocenters. The van der Waals surface area contributed by atoms with Crippen LogP contribution in [0.1, 0.15) is 6.92 Å². The number of fused-ring (bicyclic) bond motifs is 1. The highest BCUT2D eigenvalue weighted by molar-refractivity contribution is 8.00. The standard InChI is InChI=1S/C16H18N6O5S2/c1-8(13(23)18-9-5-4-6-10(7-9)29(17,26)27)28-15-19-11-12(20-15)21(2)16(25)22(3)14(11)24/h4-8H,1-3H3,(H,18,23)(H,19,20)(H2,17,26,27). The summed E-state index contributed by atoms with van der Waals surface area (Å²) in [5.74, 6) is -0.413. The van der Waals surface area contributed by atoms with Crippen molar-refractivity contribution in [2.75, 3.05) is 5.32 Å². The normalized spacial score (nSPS) is 12.8. The number of hydrogen-bond donors (Lipinski definition) is 3. The van der Waals surface area contributed by atoms with E-state index in [1.165, 1.54) is 42.9 Å². The highest BCUT2D eigenvalue weighted by Crippen LogP contribution is 2.23. The van der Waals surface area contributed by atoms with Crippen LogP contribution in [-0.4, -0.2) is 38.7 Å². The highest BCUT2D eigenvalue weighted by atomic mass is 32.2. The molecule has 0 aliphatic heterocycles. The molecule has 29 heavy (non-hydrogen) atoms. The van der Waals surface area contributed by atoms with Gasteiger partial charge in [0.05, 0.1) is 10.1 Å². The van der Waals surface area contributed by atoms with Gasteiger partial charge in [-0.05, 0) is 25.1 Å². The second-order valence-electron chi connectivity index (χ2n) is 6.27. The largest absolute Gasteiger partial charge is 0.332 e. The highest BCUT2D eigenvalue weighted by Gasteiger charge is 2.20. The quantitative estimate of drug-likeness (QED) is 0.462. The Labute approximate surface area is 169 Å². The van der Waals surface area contributed by atoms with Gasteiger partial charge in [-0.1, -0.05) is 17.8 Å². The van der Waals surface area contributed by atoms with E-state index in [4.69, 9.17) is 5.14 Å². The average molecular weight is 438 g/mol. The number of nitrogens with one attached hydrogen (secondary N) is 2. The minimum Gasteiger partial charge on any atom is -0.327 e. The van der Waals surface area contributed by atoms with Gasteiger partial charge in [0, 0.05) is 19.8 Å². The van der Waals surface area contributed by atoms with Gasteiger partial charge in [0.2, 0.25) is 15.9 Å². The van der Waals surface area contributed by atoms with E-state index in [1.54, 1.807) is 6.92 Å². The number of anilines is 1. The van der Waals surface area contributed by atoms with E-state index in [0.29, 0.717) is 5.16 Å². The number of amides is 1. The number of aromatic nitrogens is 4. The minimum atomic E-state index is -3.89. The number of aromatic amines is 1. The first kappa shape index (κ1) is 20.8. The fourth-order valence-electron chi connectivity index (χ4n) is 2.58. The third-order valence-corrected chi connectivity index (χ3v) is 6.06. The number of thioether (sulfide) groups is 1. The summed E-state index contributed by atoms with van der Waals surface area (Å²) in [4.78, 5) is 43.6. The Morgan fingerprint density at radius 2 is 1.97 bits per heavy atom. The van der Waals surface area contributed by atoms with Crippen LogP contribution in [0, 0.1) is 0 Å². The zero-order chi connectivity index (χ0) is 21.5. The predicted molar refractivity (Wildman–Crippen MR) is 108 cm³/mol. The van der Waals surface area contributed by atoms with E-state index in [-0.39, 0.29) is 21.7 Å². The number of carbonyl (C=O) groups excluding carboxylic acids is 1. The summed E-state index contributed by atoms with van der Waals surface area (Å²) in [6, 6.07) is 5.57. The average Bonchev–Trinajstić information content (AvgIpc) is 3.08. The molecule has 2 heterocycles. The van der Waals surface area contributed by atoms with Gasteiger partial charge < -0.3 is 10.3 Å². The molecule has 0 saturated carbocycles. The molecule has 0 bridgehead atoms. The maximum absolute atomic E-state index is 12.5. The Kier molecular flexibility index (Phi) is 5.38. The molecule has 0 saturated heterocycles. The summed E-state index contributed by atoms with van der Waals surface area (Å²) in [5, 5.41) is 7.35. The number of nitrogens with zero attached hydrogens (tertiary/aromatic N) is 3. The number of aryl methyl sites for hydroxylation is 1. The van der Waals surface area contributed by atoms with Crippen molar-refractivity contribution in [3.8, 4) is 0 Å². The smallest absolute Gasteiger partial charge is 0.327 e. The Balaban J connectivity index is 1.82. The van der Waals surface area contributed by atoms with Gasteiger partial charge in [-0.2, -0.15) is 0 Å². The van der Waals surface area contributed by atoms with Crippen LogP contribution in [0.25, 0.3) is 11.2 Å². The molecule has 4 N–H and O–H groups in total. The Morgan fingerprint density at radius 1 is 1.28 bits per heavy atom. The molecule has 0 fully saturated rings. The summed E-state index contributed by atoms with van der Waals surface area (Å²) in [6.45, 7) is 1.62. The molecule has 13 heteroatoms.